The van der Waals surface area contributed by atoms with Crippen LogP contribution in [0.4, 0.5) is 5.95 Å². The lowest BCUT2D eigenvalue weighted by molar-refractivity contribution is -0.122. The molecule has 0 spiro atoms. The molecule has 4 rings (SSSR count). The fraction of sp³-hybridized carbons (Fsp3) is 0.368. The average Bonchev–Trinajstić information content (AvgIpc) is 3.02. The number of carbonyl (C=O) groups is 1. The van der Waals surface area contributed by atoms with Gasteiger partial charge in [0, 0.05) is 44.5 Å². The molecule has 2 aromatic heterocycles. The molecule has 0 aliphatic carbocycles. The van der Waals surface area contributed by atoms with Crippen LogP contribution in [-0.2, 0) is 11.3 Å². The SMILES string of the molecule is O=C(CCn1c(=O)[nH]c2ccccc21)N[C@H]1CCCN(c2ncccn2)C1. The van der Waals surface area contributed by atoms with Crippen molar-refractivity contribution in [2.45, 2.75) is 31.8 Å². The number of piperidine rings is 1. The van der Waals surface area contributed by atoms with E-state index < -0.39 is 0 Å². The maximum atomic E-state index is 12.4. The van der Waals surface area contributed by atoms with Gasteiger partial charge in [0.2, 0.25) is 11.9 Å². The molecule has 0 unspecified atom stereocenters. The molecule has 1 saturated heterocycles. The number of hydrogen-bond donors (Lipinski definition) is 2. The number of H-pyrrole nitrogens is 1. The van der Waals surface area contributed by atoms with Crippen molar-refractivity contribution in [2.24, 2.45) is 0 Å². The molecule has 0 saturated carbocycles. The van der Waals surface area contributed by atoms with Gasteiger partial charge in [-0.25, -0.2) is 14.8 Å². The topological polar surface area (TPSA) is 95.9 Å². The van der Waals surface area contributed by atoms with E-state index in [9.17, 15) is 9.59 Å². The van der Waals surface area contributed by atoms with Gasteiger partial charge in [-0.2, -0.15) is 0 Å². The second-order valence-electron chi connectivity index (χ2n) is 6.75. The third kappa shape index (κ3) is 3.84. The smallest absolute Gasteiger partial charge is 0.326 e. The summed E-state index contributed by atoms with van der Waals surface area (Å²) in [7, 11) is 0. The van der Waals surface area contributed by atoms with Crippen molar-refractivity contribution in [1.82, 2.24) is 24.8 Å². The zero-order chi connectivity index (χ0) is 18.6. The highest BCUT2D eigenvalue weighted by Crippen LogP contribution is 2.15. The van der Waals surface area contributed by atoms with Crippen LogP contribution >= 0.6 is 0 Å². The summed E-state index contributed by atoms with van der Waals surface area (Å²) in [5, 5.41) is 3.09. The van der Waals surface area contributed by atoms with E-state index in [-0.39, 0.29) is 24.1 Å². The summed E-state index contributed by atoms with van der Waals surface area (Å²) in [4.78, 5) is 38.0. The van der Waals surface area contributed by atoms with Crippen LogP contribution in [0.5, 0.6) is 0 Å². The normalized spacial score (nSPS) is 17.2. The number of anilines is 1. The van der Waals surface area contributed by atoms with Crippen molar-refractivity contribution in [2.75, 3.05) is 18.0 Å². The molecular weight excluding hydrogens is 344 g/mol. The second-order valence-corrected chi connectivity index (χ2v) is 6.75. The molecule has 1 amide bonds. The Kier molecular flexibility index (Phi) is 4.86. The van der Waals surface area contributed by atoms with Crippen LogP contribution in [0.1, 0.15) is 19.3 Å². The summed E-state index contributed by atoms with van der Waals surface area (Å²) in [6.45, 7) is 1.94. The molecule has 1 atom stereocenters. The van der Waals surface area contributed by atoms with Crippen LogP contribution in [0.2, 0.25) is 0 Å². The van der Waals surface area contributed by atoms with Gasteiger partial charge >= 0.3 is 5.69 Å². The predicted molar refractivity (Wildman–Crippen MR) is 103 cm³/mol. The first kappa shape index (κ1) is 17.3. The number of nitrogens with zero attached hydrogens (tertiary/aromatic N) is 4. The Morgan fingerprint density at radius 1 is 1.22 bits per heavy atom. The molecule has 1 aromatic carbocycles. The van der Waals surface area contributed by atoms with Gasteiger partial charge < -0.3 is 15.2 Å². The standard InChI is InChI=1S/C19H22N6O2/c26-17(8-12-25-16-7-2-1-6-15(16)23-19(25)27)22-14-5-3-11-24(13-14)18-20-9-4-10-21-18/h1-2,4,6-7,9-10,14H,3,5,8,11-13H2,(H,22,26)(H,23,27)/t14-/m0/s1. The van der Waals surface area contributed by atoms with Gasteiger partial charge in [0.15, 0.2) is 0 Å². The quantitative estimate of drug-likeness (QED) is 0.709. The minimum atomic E-state index is -0.186. The molecule has 0 bridgehead atoms. The number of aromatic amines is 1. The summed E-state index contributed by atoms with van der Waals surface area (Å²) >= 11 is 0. The first-order valence-corrected chi connectivity index (χ1v) is 9.19. The molecule has 140 valence electrons. The Bertz CT molecular complexity index is 981. The van der Waals surface area contributed by atoms with E-state index in [1.54, 1.807) is 23.0 Å². The molecule has 8 nitrogen and oxygen atoms in total. The van der Waals surface area contributed by atoms with Crippen molar-refractivity contribution in [3.63, 3.8) is 0 Å². The Morgan fingerprint density at radius 3 is 2.89 bits per heavy atom. The first-order chi connectivity index (χ1) is 13.2. The van der Waals surface area contributed by atoms with Crippen molar-refractivity contribution in [1.29, 1.82) is 0 Å². The van der Waals surface area contributed by atoms with Gasteiger partial charge in [0.05, 0.1) is 11.0 Å². The highest BCUT2D eigenvalue weighted by Gasteiger charge is 2.23. The van der Waals surface area contributed by atoms with Gasteiger partial charge in [0.1, 0.15) is 0 Å². The van der Waals surface area contributed by atoms with Gasteiger partial charge in [-0.1, -0.05) is 12.1 Å². The molecule has 1 fully saturated rings. The minimum Gasteiger partial charge on any atom is -0.352 e. The van der Waals surface area contributed by atoms with E-state index in [1.165, 1.54) is 0 Å². The fourth-order valence-corrected chi connectivity index (χ4v) is 3.57. The summed E-state index contributed by atoms with van der Waals surface area (Å²) in [5.74, 6) is 0.648. The minimum absolute atomic E-state index is 0.0481. The number of imidazole rings is 1. The molecule has 0 radical (unpaired) electrons. The molecule has 8 heteroatoms. The highest BCUT2D eigenvalue weighted by atomic mass is 16.2. The van der Waals surface area contributed by atoms with Gasteiger partial charge in [-0.3, -0.25) is 9.36 Å². The maximum Gasteiger partial charge on any atom is 0.326 e. The van der Waals surface area contributed by atoms with Crippen molar-refractivity contribution in [3.05, 3.63) is 53.2 Å². The first-order valence-electron chi connectivity index (χ1n) is 9.19. The molecule has 3 heterocycles. The molecular formula is C19H22N6O2. The lowest BCUT2D eigenvalue weighted by atomic mass is 10.1. The number of aryl methyl sites for hydroxylation is 1. The van der Waals surface area contributed by atoms with E-state index in [4.69, 9.17) is 0 Å². The van der Waals surface area contributed by atoms with Gasteiger partial charge in [-0.05, 0) is 31.0 Å². The summed E-state index contributed by atoms with van der Waals surface area (Å²) in [6, 6.07) is 9.35. The summed E-state index contributed by atoms with van der Waals surface area (Å²) in [5.41, 5.74) is 1.42. The number of benzene rings is 1. The fourth-order valence-electron chi connectivity index (χ4n) is 3.57. The monoisotopic (exact) mass is 366 g/mol. The van der Waals surface area contributed by atoms with Gasteiger partial charge in [-0.15, -0.1) is 0 Å². The van der Waals surface area contributed by atoms with Crippen LogP contribution < -0.4 is 15.9 Å². The number of para-hydroxylation sites is 2. The average molecular weight is 366 g/mol. The van der Waals surface area contributed by atoms with Crippen LogP contribution in [-0.4, -0.2) is 44.6 Å². The Labute approximate surface area is 156 Å². The Morgan fingerprint density at radius 2 is 2.04 bits per heavy atom. The van der Waals surface area contributed by atoms with Crippen molar-refractivity contribution < 1.29 is 4.79 Å². The van der Waals surface area contributed by atoms with Crippen LogP contribution in [0.3, 0.4) is 0 Å². The summed E-state index contributed by atoms with van der Waals surface area (Å²) < 4.78 is 1.61. The second kappa shape index (κ2) is 7.61. The van der Waals surface area contributed by atoms with Crippen LogP contribution in [0.25, 0.3) is 11.0 Å². The Hall–Kier alpha value is -3.16. The number of hydrogen-bond acceptors (Lipinski definition) is 5. The molecule has 2 N–H and O–H groups in total. The molecule has 1 aliphatic rings. The number of fused-ring (bicyclic) bond motifs is 1. The third-order valence-corrected chi connectivity index (χ3v) is 4.87. The number of rotatable bonds is 5. The summed E-state index contributed by atoms with van der Waals surface area (Å²) in [6.07, 6.45) is 5.63. The van der Waals surface area contributed by atoms with E-state index >= 15 is 0 Å². The Balaban J connectivity index is 1.35. The molecule has 3 aromatic rings. The van der Waals surface area contributed by atoms with Crippen LogP contribution in [0, 0.1) is 0 Å². The van der Waals surface area contributed by atoms with E-state index in [0.717, 1.165) is 30.4 Å². The largest absolute Gasteiger partial charge is 0.352 e. The predicted octanol–water partition coefficient (Wildman–Crippen LogP) is 1.29. The number of carbonyl (C=O) groups excluding carboxylic acids is 1. The van der Waals surface area contributed by atoms with Crippen molar-refractivity contribution >= 4 is 22.9 Å². The van der Waals surface area contributed by atoms with E-state index in [0.29, 0.717) is 19.0 Å². The molecule has 1 aliphatic heterocycles. The maximum absolute atomic E-state index is 12.4. The van der Waals surface area contributed by atoms with E-state index in [2.05, 4.69) is 25.2 Å². The van der Waals surface area contributed by atoms with Gasteiger partial charge in [0.25, 0.3) is 0 Å². The lowest BCUT2D eigenvalue weighted by Crippen LogP contribution is -2.48. The number of aromatic nitrogens is 4. The number of amides is 1. The highest BCUT2D eigenvalue weighted by molar-refractivity contribution is 5.77. The lowest BCUT2D eigenvalue weighted by Gasteiger charge is -2.33. The zero-order valence-electron chi connectivity index (χ0n) is 15.0. The van der Waals surface area contributed by atoms with E-state index in [1.807, 2.05) is 24.3 Å². The zero-order valence-corrected chi connectivity index (χ0v) is 15.0. The van der Waals surface area contributed by atoms with Crippen molar-refractivity contribution in [3.8, 4) is 0 Å². The van der Waals surface area contributed by atoms with Crippen LogP contribution in [0.15, 0.2) is 47.5 Å². The number of nitrogens with one attached hydrogen (secondary N) is 2. The molecule has 27 heavy (non-hydrogen) atoms. The third-order valence-electron chi connectivity index (χ3n) is 4.87.